The first kappa shape index (κ1) is 42.3. The first-order chi connectivity index (χ1) is 31.1. The van der Waals surface area contributed by atoms with Gasteiger partial charge >= 0.3 is 0 Å². The number of hydrogen-bond donors (Lipinski definition) is 4. The van der Waals surface area contributed by atoms with Gasteiger partial charge in [0.25, 0.3) is 16.7 Å². The molecule has 0 aliphatic rings. The van der Waals surface area contributed by atoms with Crippen LogP contribution in [0.15, 0.2) is 148 Å². The third kappa shape index (κ3) is 10.2. The topological polar surface area (TPSA) is 288 Å². The van der Waals surface area contributed by atoms with Crippen molar-refractivity contribution >= 4 is 39.2 Å². The van der Waals surface area contributed by atoms with Gasteiger partial charge in [0, 0.05) is 37.6 Å². The smallest absolute Gasteiger partial charge is 0.259 e. The number of nitrogens with two attached hydrogens (primary N) is 3. The van der Waals surface area contributed by atoms with Crippen LogP contribution in [0.1, 0.15) is 11.1 Å². The van der Waals surface area contributed by atoms with Gasteiger partial charge in [-0.1, -0.05) is 60.7 Å². The number of nitrogens with one attached hydrogen (secondary N) is 1. The molecular formula is C43H40N16O4S. The molecule has 0 radical (unpaired) electrons. The first-order valence-corrected chi connectivity index (χ1v) is 21.5. The van der Waals surface area contributed by atoms with Gasteiger partial charge < -0.3 is 31.4 Å². The van der Waals surface area contributed by atoms with E-state index in [1.165, 1.54) is 27.5 Å². The summed E-state index contributed by atoms with van der Waals surface area (Å²) >= 11 is 0. The fraction of sp³-hybridized carbons (Fsp3) is 0.116. The minimum Gasteiger partial charge on any atom is -0.461 e. The molecule has 0 amide bonds. The van der Waals surface area contributed by atoms with Crippen molar-refractivity contribution in [2.24, 2.45) is 5.73 Å². The van der Waals surface area contributed by atoms with Gasteiger partial charge in [-0.05, 0) is 89.2 Å². The van der Waals surface area contributed by atoms with Crippen LogP contribution in [0, 0.1) is 0 Å². The predicted octanol–water partition coefficient (Wildman–Crippen LogP) is 5.09. The van der Waals surface area contributed by atoms with E-state index in [0.29, 0.717) is 42.2 Å². The summed E-state index contributed by atoms with van der Waals surface area (Å²) in [6.45, 7) is 1.35. The lowest BCUT2D eigenvalue weighted by Crippen LogP contribution is -2.12. The maximum Gasteiger partial charge on any atom is 0.259 e. The normalized spacial score (nSPS) is 11.2. The molecule has 0 spiro atoms. The lowest BCUT2D eigenvalue weighted by Gasteiger charge is -2.07. The maximum absolute atomic E-state index is 11.4. The van der Waals surface area contributed by atoms with Gasteiger partial charge in [0.05, 0.1) is 12.5 Å². The van der Waals surface area contributed by atoms with Crippen LogP contribution in [0.25, 0.3) is 57.0 Å². The molecule has 0 atom stereocenters. The van der Waals surface area contributed by atoms with Crippen molar-refractivity contribution in [2.75, 3.05) is 36.1 Å². The molecule has 0 bridgehead atoms. The van der Waals surface area contributed by atoms with Crippen molar-refractivity contribution < 1.29 is 17.3 Å². The molecule has 10 aromatic rings. The van der Waals surface area contributed by atoms with Crippen LogP contribution in [0.5, 0.6) is 0 Å². The van der Waals surface area contributed by atoms with Crippen LogP contribution < -0.4 is 22.5 Å². The van der Waals surface area contributed by atoms with Crippen LogP contribution in [0.2, 0.25) is 0 Å². The molecule has 8 aromatic heterocycles. The van der Waals surface area contributed by atoms with E-state index in [2.05, 4.69) is 110 Å². The van der Waals surface area contributed by atoms with Crippen molar-refractivity contribution in [1.29, 1.82) is 0 Å². The Kier molecular flexibility index (Phi) is 12.6. The van der Waals surface area contributed by atoms with Crippen LogP contribution in [-0.4, -0.2) is 86.9 Å². The quantitative estimate of drug-likeness (QED) is 0.131. The highest BCUT2D eigenvalue weighted by molar-refractivity contribution is 7.90. The zero-order valence-corrected chi connectivity index (χ0v) is 35.0. The fourth-order valence-electron chi connectivity index (χ4n) is 6.14. The molecule has 322 valence electrons. The Morgan fingerprint density at radius 1 is 0.594 bits per heavy atom. The third-order valence-corrected chi connectivity index (χ3v) is 10.1. The second-order valence-corrected chi connectivity index (χ2v) is 15.8. The van der Waals surface area contributed by atoms with Crippen molar-refractivity contribution in [1.82, 2.24) is 59.1 Å². The summed E-state index contributed by atoms with van der Waals surface area (Å²) in [6.07, 6.45) is 13.1. The van der Waals surface area contributed by atoms with Gasteiger partial charge in [0.2, 0.25) is 39.3 Å². The zero-order chi connectivity index (χ0) is 44.5. The van der Waals surface area contributed by atoms with E-state index < -0.39 is 15.0 Å². The Bertz CT molecular complexity index is 3180. The Morgan fingerprint density at radius 2 is 1.11 bits per heavy atom. The monoisotopic (exact) mass is 876 g/mol. The van der Waals surface area contributed by atoms with Gasteiger partial charge in [0.1, 0.15) is 0 Å². The molecule has 20 nitrogen and oxygen atoms in total. The molecule has 0 saturated carbocycles. The molecule has 0 aliphatic carbocycles. The van der Waals surface area contributed by atoms with Crippen LogP contribution in [0.3, 0.4) is 0 Å². The van der Waals surface area contributed by atoms with E-state index in [1.54, 1.807) is 42.9 Å². The van der Waals surface area contributed by atoms with E-state index >= 15 is 0 Å². The number of sulfone groups is 1. The number of benzene rings is 2. The summed E-state index contributed by atoms with van der Waals surface area (Å²) in [5.41, 5.74) is 24.2. The molecule has 0 unspecified atom stereocenters. The number of anilines is 3. The van der Waals surface area contributed by atoms with E-state index in [1.807, 2.05) is 30.6 Å². The molecule has 0 saturated heterocycles. The molecule has 21 heteroatoms. The standard InChI is InChI=1S/C21H18N8O.C13H14N2.C9H8N6O3S/c22-19-26-20(27-21-25-18(28-29(19)21)17-4-2-12-30-17)24-11-9-14-5-7-15(8-6-14)16-3-1-10-23-13-16;14-8-7-11-3-5-12(6-4-11)13-2-1-9-15-10-13;1-19(16,17)9-12-7(10)15-8(13-9)11-6(14-15)5-3-2-4-18-5/h1-8,10,12-13H,9,11H2,(H3,22,24,25,26,27,28);1-6,9-10H,7-8,14H2;2-4H,1H3,(H2,10,11,12,13,14). The first-order valence-electron chi connectivity index (χ1n) is 19.6. The van der Waals surface area contributed by atoms with Gasteiger partial charge in [0.15, 0.2) is 11.5 Å². The highest BCUT2D eigenvalue weighted by Gasteiger charge is 2.19. The van der Waals surface area contributed by atoms with Gasteiger partial charge in [-0.15, -0.1) is 10.2 Å². The molecule has 8 heterocycles. The van der Waals surface area contributed by atoms with Crippen molar-refractivity contribution in [2.45, 2.75) is 18.0 Å². The summed E-state index contributed by atoms with van der Waals surface area (Å²) in [7, 11) is -3.57. The number of furan rings is 2. The molecular weight excluding hydrogens is 837 g/mol. The third-order valence-electron chi connectivity index (χ3n) is 9.29. The summed E-state index contributed by atoms with van der Waals surface area (Å²) in [5, 5.41) is 11.1. The fourth-order valence-corrected chi connectivity index (χ4v) is 6.64. The largest absolute Gasteiger partial charge is 0.461 e. The summed E-state index contributed by atoms with van der Waals surface area (Å²) in [4.78, 5) is 32.8. The van der Waals surface area contributed by atoms with Crippen molar-refractivity contribution in [3.8, 4) is 45.4 Å². The summed E-state index contributed by atoms with van der Waals surface area (Å²) in [6, 6.07) is 31.7. The SMILES string of the molecule is CS(=O)(=O)c1nc(N)n2nc(-c3ccco3)nc2n1.NCCc1ccc(-c2cccnc2)cc1.Nc1nc(NCCc2ccc(-c3cccnc3)cc2)nc2nc(-c3ccco3)nn12. The Morgan fingerprint density at radius 3 is 1.58 bits per heavy atom. The number of pyridine rings is 2. The average molecular weight is 877 g/mol. The summed E-state index contributed by atoms with van der Waals surface area (Å²) < 4.78 is 35.8. The number of nitrogen functional groups attached to an aromatic ring is 2. The second-order valence-electron chi connectivity index (χ2n) is 13.9. The van der Waals surface area contributed by atoms with Crippen molar-refractivity contribution in [3.63, 3.8) is 0 Å². The van der Waals surface area contributed by atoms with Gasteiger partial charge in [-0.3, -0.25) is 9.97 Å². The highest BCUT2D eigenvalue weighted by atomic mass is 32.2. The minimum absolute atomic E-state index is 0.0410. The number of aromatic nitrogens is 12. The molecule has 10 rings (SSSR count). The summed E-state index contributed by atoms with van der Waals surface area (Å²) in [5.74, 6) is 2.52. The van der Waals surface area contributed by atoms with E-state index in [-0.39, 0.29) is 23.5 Å². The van der Waals surface area contributed by atoms with Gasteiger partial charge in [-0.2, -0.15) is 38.9 Å². The molecule has 0 fully saturated rings. The lowest BCUT2D eigenvalue weighted by molar-refractivity contribution is 0.577. The number of hydrogen-bond acceptors (Lipinski definition) is 18. The minimum atomic E-state index is -3.57. The van der Waals surface area contributed by atoms with E-state index in [4.69, 9.17) is 26.0 Å². The van der Waals surface area contributed by atoms with Crippen molar-refractivity contribution in [3.05, 3.63) is 146 Å². The second kappa shape index (κ2) is 19.1. The molecule has 64 heavy (non-hydrogen) atoms. The van der Waals surface area contributed by atoms with Crippen LogP contribution in [0.4, 0.5) is 17.8 Å². The molecule has 7 N–H and O–H groups in total. The molecule has 0 aliphatic heterocycles. The van der Waals surface area contributed by atoms with Crippen LogP contribution >= 0.6 is 0 Å². The maximum atomic E-state index is 11.4. The number of fused-ring (bicyclic) bond motifs is 2. The average Bonchev–Trinajstić information content (AvgIpc) is 4.16. The lowest BCUT2D eigenvalue weighted by atomic mass is 10.0. The number of rotatable bonds is 11. The molecule has 2 aromatic carbocycles. The predicted molar refractivity (Wildman–Crippen MR) is 239 cm³/mol. The van der Waals surface area contributed by atoms with Crippen LogP contribution in [-0.2, 0) is 22.7 Å². The Hall–Kier alpha value is -8.43. The van der Waals surface area contributed by atoms with Gasteiger partial charge in [-0.25, -0.2) is 8.42 Å². The zero-order valence-electron chi connectivity index (χ0n) is 34.2. The Balaban J connectivity index is 0.000000141. The number of nitrogens with zero attached hydrogens (tertiary/aromatic N) is 12. The Labute approximate surface area is 365 Å². The van der Waals surface area contributed by atoms with E-state index in [0.717, 1.165) is 40.3 Å². The highest BCUT2D eigenvalue weighted by Crippen LogP contribution is 2.22. The van der Waals surface area contributed by atoms with E-state index in [9.17, 15) is 8.42 Å².